The topological polar surface area (TPSA) is 109 Å². The number of rotatable bonds is 7. The molecule has 8 heteroatoms. The average Bonchev–Trinajstić information content (AvgIpc) is 2.55. The summed E-state index contributed by atoms with van der Waals surface area (Å²) in [5.41, 5.74) is 3.83. The summed E-state index contributed by atoms with van der Waals surface area (Å²) in [4.78, 5) is 30.4. The third-order valence-corrected chi connectivity index (χ3v) is 2.94. The Balaban J connectivity index is 2.80. The van der Waals surface area contributed by atoms with E-state index in [0.29, 0.717) is 11.3 Å². The van der Waals surface area contributed by atoms with Crippen molar-refractivity contribution in [2.24, 2.45) is 15.8 Å². The van der Waals surface area contributed by atoms with E-state index in [1.807, 2.05) is 5.43 Å². The standard InChI is InChI=1S/C14H17N5O2S/c1-16-12(9-17-8-7-13(20)18-15)10-3-5-11(6-4-10)14(21)19-22-2/h3-6,8-9H,1,7,15H2,2H3,(H,18,20)(H,19,21)/b12-9-,17-8?. The minimum absolute atomic E-state index is 0.0746. The van der Waals surface area contributed by atoms with E-state index >= 15 is 0 Å². The first-order valence-corrected chi connectivity index (χ1v) is 7.46. The smallest absolute Gasteiger partial charge is 0.261 e. The largest absolute Gasteiger partial charge is 0.296 e. The fraction of sp³-hybridized carbons (Fsp3) is 0.143. The van der Waals surface area contributed by atoms with Gasteiger partial charge in [0.1, 0.15) is 0 Å². The number of hydrogen-bond donors (Lipinski definition) is 3. The number of benzene rings is 1. The van der Waals surface area contributed by atoms with Crippen LogP contribution in [-0.2, 0) is 4.79 Å². The van der Waals surface area contributed by atoms with Gasteiger partial charge in [-0.3, -0.25) is 29.7 Å². The minimum atomic E-state index is -0.338. The lowest BCUT2D eigenvalue weighted by molar-refractivity contribution is -0.119. The molecule has 1 aromatic carbocycles. The summed E-state index contributed by atoms with van der Waals surface area (Å²) in [5, 5.41) is 0. The number of carbonyl (C=O) groups excluding carboxylic acids is 2. The molecule has 2 amide bonds. The molecule has 1 aromatic rings. The van der Waals surface area contributed by atoms with Gasteiger partial charge in [0.25, 0.3) is 5.91 Å². The number of hydrogen-bond acceptors (Lipinski definition) is 6. The number of carbonyl (C=O) groups is 2. The zero-order valence-corrected chi connectivity index (χ0v) is 12.9. The predicted molar refractivity (Wildman–Crippen MR) is 90.4 cm³/mol. The summed E-state index contributed by atoms with van der Waals surface area (Å²) < 4.78 is 2.64. The highest BCUT2D eigenvalue weighted by Gasteiger charge is 2.05. The van der Waals surface area contributed by atoms with E-state index in [2.05, 4.69) is 21.4 Å². The summed E-state index contributed by atoms with van der Waals surface area (Å²) in [6, 6.07) is 6.87. The first-order valence-electron chi connectivity index (χ1n) is 6.24. The Labute approximate surface area is 132 Å². The van der Waals surface area contributed by atoms with Gasteiger partial charge in [0.05, 0.1) is 18.3 Å². The van der Waals surface area contributed by atoms with Crippen LogP contribution in [0, 0.1) is 0 Å². The van der Waals surface area contributed by atoms with Gasteiger partial charge in [-0.05, 0) is 18.9 Å². The third-order valence-electron chi connectivity index (χ3n) is 2.55. The van der Waals surface area contributed by atoms with Crippen LogP contribution in [0.1, 0.15) is 22.3 Å². The van der Waals surface area contributed by atoms with Crippen molar-refractivity contribution in [3.05, 3.63) is 41.6 Å². The molecule has 0 radical (unpaired) electrons. The third kappa shape index (κ3) is 5.51. The van der Waals surface area contributed by atoms with Crippen molar-refractivity contribution < 1.29 is 9.59 Å². The molecule has 0 atom stereocenters. The molecule has 4 N–H and O–H groups in total. The van der Waals surface area contributed by atoms with Gasteiger partial charge in [0.15, 0.2) is 0 Å². The summed E-state index contributed by atoms with van der Waals surface area (Å²) in [6.45, 7) is 3.48. The number of nitrogens with zero attached hydrogens (tertiary/aromatic N) is 2. The van der Waals surface area contributed by atoms with E-state index in [1.165, 1.54) is 24.4 Å². The van der Waals surface area contributed by atoms with Crippen LogP contribution in [0.3, 0.4) is 0 Å². The maximum Gasteiger partial charge on any atom is 0.261 e. The zero-order valence-electron chi connectivity index (χ0n) is 12.1. The maximum atomic E-state index is 11.6. The molecule has 116 valence electrons. The summed E-state index contributed by atoms with van der Waals surface area (Å²) in [7, 11) is 0. The van der Waals surface area contributed by atoms with Gasteiger partial charge >= 0.3 is 0 Å². The molecule has 0 saturated carbocycles. The van der Waals surface area contributed by atoms with E-state index in [4.69, 9.17) is 5.84 Å². The highest BCUT2D eigenvalue weighted by Crippen LogP contribution is 2.16. The molecular formula is C14H17N5O2S. The molecule has 22 heavy (non-hydrogen) atoms. The quantitative estimate of drug-likeness (QED) is 0.230. The second kappa shape index (κ2) is 9.48. The lowest BCUT2D eigenvalue weighted by Crippen LogP contribution is -2.29. The summed E-state index contributed by atoms with van der Waals surface area (Å²) in [5.74, 6) is 4.45. The molecule has 0 spiro atoms. The van der Waals surface area contributed by atoms with Crippen molar-refractivity contribution in [3.8, 4) is 0 Å². The van der Waals surface area contributed by atoms with Crippen LogP contribution in [0.25, 0.3) is 5.70 Å². The Morgan fingerprint density at radius 2 is 1.95 bits per heavy atom. The van der Waals surface area contributed by atoms with Gasteiger partial charge in [-0.2, -0.15) is 0 Å². The molecule has 0 heterocycles. The summed E-state index contributed by atoms with van der Waals surface area (Å²) in [6.07, 6.45) is 4.74. The fourth-order valence-electron chi connectivity index (χ4n) is 1.47. The number of hydrazine groups is 1. The predicted octanol–water partition coefficient (Wildman–Crippen LogP) is 1.14. The molecule has 1 rings (SSSR count). The molecule has 0 aliphatic rings. The molecule has 0 aliphatic carbocycles. The zero-order chi connectivity index (χ0) is 16.4. The van der Waals surface area contributed by atoms with Crippen molar-refractivity contribution in [2.45, 2.75) is 6.42 Å². The van der Waals surface area contributed by atoms with Crippen molar-refractivity contribution in [2.75, 3.05) is 6.26 Å². The highest BCUT2D eigenvalue weighted by atomic mass is 32.2. The molecular weight excluding hydrogens is 302 g/mol. The van der Waals surface area contributed by atoms with Crippen LogP contribution >= 0.6 is 11.9 Å². The number of amides is 2. The number of nitrogens with one attached hydrogen (secondary N) is 2. The minimum Gasteiger partial charge on any atom is -0.296 e. The van der Waals surface area contributed by atoms with Gasteiger partial charge in [0.2, 0.25) is 5.91 Å². The molecule has 0 unspecified atom stereocenters. The second-order valence-electron chi connectivity index (χ2n) is 3.99. The Morgan fingerprint density at radius 3 is 2.50 bits per heavy atom. The monoisotopic (exact) mass is 319 g/mol. The lowest BCUT2D eigenvalue weighted by Gasteiger charge is -2.04. The van der Waals surface area contributed by atoms with E-state index in [-0.39, 0.29) is 18.2 Å². The van der Waals surface area contributed by atoms with Crippen LogP contribution in [-0.4, -0.2) is 31.0 Å². The van der Waals surface area contributed by atoms with Crippen molar-refractivity contribution in [3.63, 3.8) is 0 Å². The van der Waals surface area contributed by atoms with Gasteiger partial charge in [-0.15, -0.1) is 0 Å². The lowest BCUT2D eigenvalue weighted by atomic mass is 10.1. The van der Waals surface area contributed by atoms with Gasteiger partial charge in [-0.1, -0.05) is 24.1 Å². The normalized spacial score (nSPS) is 11.3. The van der Waals surface area contributed by atoms with Crippen molar-refractivity contribution in [1.29, 1.82) is 0 Å². The number of nitrogens with two attached hydrogens (primary N) is 1. The Kier molecular flexibility index (Phi) is 7.58. The molecule has 0 fully saturated rings. The Hall–Kier alpha value is -2.45. The molecule has 0 aromatic heterocycles. The van der Waals surface area contributed by atoms with Gasteiger partial charge in [0, 0.05) is 23.6 Å². The van der Waals surface area contributed by atoms with E-state index in [9.17, 15) is 9.59 Å². The van der Waals surface area contributed by atoms with Gasteiger partial charge < -0.3 is 0 Å². The van der Waals surface area contributed by atoms with Crippen molar-refractivity contribution >= 4 is 42.4 Å². The maximum absolute atomic E-state index is 11.6. The molecule has 0 saturated heterocycles. The number of aliphatic imine (C=N–C) groups is 2. The van der Waals surface area contributed by atoms with Crippen LogP contribution in [0.15, 0.2) is 40.5 Å². The molecule has 0 bridgehead atoms. The SMILES string of the molecule is C=N/C(=C\N=CCC(=O)NN)c1ccc(C(=O)NSC)cc1. The van der Waals surface area contributed by atoms with E-state index in [1.54, 1.807) is 30.5 Å². The van der Waals surface area contributed by atoms with Crippen LogP contribution in [0.4, 0.5) is 0 Å². The van der Waals surface area contributed by atoms with Crippen LogP contribution < -0.4 is 16.0 Å². The first-order chi connectivity index (χ1) is 10.6. The first kappa shape index (κ1) is 17.6. The highest BCUT2D eigenvalue weighted by molar-refractivity contribution is 7.97. The average molecular weight is 319 g/mol. The van der Waals surface area contributed by atoms with E-state index in [0.717, 1.165) is 5.56 Å². The molecule has 7 nitrogen and oxygen atoms in total. The van der Waals surface area contributed by atoms with Crippen molar-refractivity contribution in [1.82, 2.24) is 10.1 Å². The van der Waals surface area contributed by atoms with Crippen LogP contribution in [0.5, 0.6) is 0 Å². The summed E-state index contributed by atoms with van der Waals surface area (Å²) >= 11 is 1.24. The van der Waals surface area contributed by atoms with E-state index < -0.39 is 0 Å². The fourth-order valence-corrected chi connectivity index (χ4v) is 1.77. The van der Waals surface area contributed by atoms with Crippen LogP contribution in [0.2, 0.25) is 0 Å². The van der Waals surface area contributed by atoms with Gasteiger partial charge in [-0.25, -0.2) is 5.84 Å². The Bertz CT molecular complexity index is 596. The molecule has 0 aliphatic heterocycles. The Morgan fingerprint density at radius 1 is 1.32 bits per heavy atom. The second-order valence-corrected chi connectivity index (χ2v) is 4.60.